The van der Waals surface area contributed by atoms with E-state index in [2.05, 4.69) is 43.6 Å². The SMILES string of the molecule is CC(C)[C@H]1CC[C@H]2[C@H](O)[C@@H]3[C@@](C)(CC[C@]12C)[C@H](Br)CC[C@]3(C)O. The Morgan fingerprint density at radius 3 is 2.17 bits per heavy atom. The molecular weight excluding hydrogens is 352 g/mol. The second-order valence-corrected chi connectivity index (χ2v) is 11.0. The fourth-order valence-electron chi connectivity index (χ4n) is 6.97. The highest BCUT2D eigenvalue weighted by Crippen LogP contribution is 2.64. The van der Waals surface area contributed by atoms with Crippen molar-refractivity contribution in [3.63, 3.8) is 0 Å². The van der Waals surface area contributed by atoms with Gasteiger partial charge in [-0.1, -0.05) is 43.6 Å². The molecule has 134 valence electrons. The molecule has 0 bridgehead atoms. The lowest BCUT2D eigenvalue weighted by atomic mass is 9.57. The maximum absolute atomic E-state index is 11.5. The van der Waals surface area contributed by atoms with E-state index in [1.165, 1.54) is 12.8 Å². The lowest BCUT2D eigenvalue weighted by Crippen LogP contribution is -2.58. The van der Waals surface area contributed by atoms with Gasteiger partial charge in [0.15, 0.2) is 0 Å². The van der Waals surface area contributed by atoms with Gasteiger partial charge < -0.3 is 10.2 Å². The van der Waals surface area contributed by atoms with E-state index in [0.29, 0.717) is 22.6 Å². The summed E-state index contributed by atoms with van der Waals surface area (Å²) in [6.45, 7) is 11.4. The fourth-order valence-corrected chi connectivity index (χ4v) is 7.71. The third kappa shape index (κ3) is 2.56. The largest absolute Gasteiger partial charge is 0.392 e. The van der Waals surface area contributed by atoms with Crippen molar-refractivity contribution in [1.82, 2.24) is 0 Å². The number of alkyl halides is 1. The zero-order valence-electron chi connectivity index (χ0n) is 15.5. The van der Waals surface area contributed by atoms with E-state index >= 15 is 0 Å². The molecule has 0 aromatic rings. The molecule has 2 nitrogen and oxygen atoms in total. The average Bonchev–Trinajstić information content (AvgIpc) is 2.75. The molecule has 23 heavy (non-hydrogen) atoms. The van der Waals surface area contributed by atoms with Gasteiger partial charge in [0, 0.05) is 10.7 Å². The lowest BCUT2D eigenvalue weighted by Gasteiger charge is -2.54. The maximum Gasteiger partial charge on any atom is 0.0678 e. The highest BCUT2D eigenvalue weighted by molar-refractivity contribution is 9.09. The summed E-state index contributed by atoms with van der Waals surface area (Å²) in [6, 6.07) is 0. The first kappa shape index (κ1) is 18.2. The highest BCUT2D eigenvalue weighted by Gasteiger charge is 2.63. The van der Waals surface area contributed by atoms with E-state index in [1.807, 2.05) is 6.92 Å². The number of rotatable bonds is 1. The normalized spacial score (nSPS) is 57.0. The van der Waals surface area contributed by atoms with Crippen molar-refractivity contribution >= 4 is 15.9 Å². The van der Waals surface area contributed by atoms with Crippen molar-refractivity contribution < 1.29 is 10.2 Å². The average molecular weight is 387 g/mol. The van der Waals surface area contributed by atoms with Crippen LogP contribution in [0.3, 0.4) is 0 Å². The van der Waals surface area contributed by atoms with E-state index in [4.69, 9.17) is 0 Å². The van der Waals surface area contributed by atoms with Crippen LogP contribution in [0.25, 0.3) is 0 Å². The molecule has 3 aliphatic rings. The first-order valence-electron chi connectivity index (χ1n) is 9.58. The minimum Gasteiger partial charge on any atom is -0.392 e. The van der Waals surface area contributed by atoms with Crippen LogP contribution in [-0.4, -0.2) is 26.7 Å². The van der Waals surface area contributed by atoms with Crippen LogP contribution in [0.5, 0.6) is 0 Å². The first-order valence-corrected chi connectivity index (χ1v) is 10.5. The Kier molecular flexibility index (Phi) is 4.52. The van der Waals surface area contributed by atoms with Crippen molar-refractivity contribution in [2.45, 2.75) is 89.7 Å². The van der Waals surface area contributed by atoms with Gasteiger partial charge in [-0.15, -0.1) is 0 Å². The topological polar surface area (TPSA) is 40.5 Å². The van der Waals surface area contributed by atoms with E-state index in [0.717, 1.165) is 25.7 Å². The molecule has 3 rings (SSSR count). The summed E-state index contributed by atoms with van der Waals surface area (Å²) in [7, 11) is 0. The summed E-state index contributed by atoms with van der Waals surface area (Å²) in [6.07, 6.45) is 6.06. The smallest absolute Gasteiger partial charge is 0.0678 e. The summed E-state index contributed by atoms with van der Waals surface area (Å²) in [5.74, 6) is 1.69. The molecule has 0 aromatic heterocycles. The molecule has 0 aromatic carbocycles. The Morgan fingerprint density at radius 2 is 1.57 bits per heavy atom. The van der Waals surface area contributed by atoms with Gasteiger partial charge in [-0.2, -0.15) is 0 Å². The van der Waals surface area contributed by atoms with Crippen LogP contribution >= 0.6 is 15.9 Å². The van der Waals surface area contributed by atoms with Crippen LogP contribution in [0.15, 0.2) is 0 Å². The number of hydrogen-bond donors (Lipinski definition) is 2. The zero-order valence-corrected chi connectivity index (χ0v) is 17.1. The van der Waals surface area contributed by atoms with E-state index in [9.17, 15) is 10.2 Å². The molecule has 0 spiro atoms. The third-order valence-corrected chi connectivity index (χ3v) is 9.75. The minimum absolute atomic E-state index is 0.0178. The van der Waals surface area contributed by atoms with Crippen LogP contribution in [0.2, 0.25) is 0 Å². The Balaban J connectivity index is 2.03. The Hall–Kier alpha value is 0.400. The number of halogens is 1. The number of aliphatic hydroxyl groups excluding tert-OH is 1. The van der Waals surface area contributed by atoms with Crippen molar-refractivity contribution in [3.8, 4) is 0 Å². The van der Waals surface area contributed by atoms with Crippen molar-refractivity contribution in [1.29, 1.82) is 0 Å². The molecule has 0 amide bonds. The molecule has 0 unspecified atom stereocenters. The van der Waals surface area contributed by atoms with Gasteiger partial charge in [-0.05, 0) is 74.0 Å². The van der Waals surface area contributed by atoms with Gasteiger partial charge in [0.05, 0.1) is 11.7 Å². The Morgan fingerprint density at radius 1 is 0.957 bits per heavy atom. The molecule has 0 radical (unpaired) electrons. The van der Waals surface area contributed by atoms with Crippen LogP contribution in [0.4, 0.5) is 0 Å². The summed E-state index contributed by atoms with van der Waals surface area (Å²) in [5.41, 5.74) is -0.549. The van der Waals surface area contributed by atoms with Crippen LogP contribution in [-0.2, 0) is 0 Å². The third-order valence-electron chi connectivity index (χ3n) is 8.24. The van der Waals surface area contributed by atoms with Gasteiger partial charge in [0.2, 0.25) is 0 Å². The standard InChI is InChI=1S/C20H35BrO2/c1-12(2)13-6-7-14-16(22)17-19(4,11-10-18(13,14)3)15(21)8-9-20(17,5)23/h12-17,22-23H,6-11H2,1-5H3/t13-,14+,15-,16+,17-,18-,19+,20+/m1/s1. The molecule has 0 aliphatic heterocycles. The summed E-state index contributed by atoms with van der Waals surface area (Å²) in [5, 5.41) is 22.6. The first-order chi connectivity index (χ1) is 10.5. The predicted octanol–water partition coefficient (Wildman–Crippen LogP) is 4.76. The molecule has 3 fully saturated rings. The molecule has 3 heteroatoms. The quantitative estimate of drug-likeness (QED) is 0.637. The Labute approximate surface area is 150 Å². The van der Waals surface area contributed by atoms with E-state index in [-0.39, 0.29) is 22.9 Å². The monoisotopic (exact) mass is 386 g/mol. The second-order valence-electron chi connectivity index (χ2n) is 9.88. The van der Waals surface area contributed by atoms with Gasteiger partial charge in [0.1, 0.15) is 0 Å². The van der Waals surface area contributed by atoms with Gasteiger partial charge in [0.25, 0.3) is 0 Å². The van der Waals surface area contributed by atoms with Crippen LogP contribution in [0.1, 0.15) is 73.1 Å². The van der Waals surface area contributed by atoms with Crippen molar-refractivity contribution in [2.24, 2.45) is 34.5 Å². The molecule has 3 aliphatic carbocycles. The number of hydrogen-bond acceptors (Lipinski definition) is 2. The molecule has 2 N–H and O–H groups in total. The molecule has 3 saturated carbocycles. The molecular formula is C20H35BrO2. The minimum atomic E-state index is -0.750. The lowest BCUT2D eigenvalue weighted by molar-refractivity contribution is -0.151. The Bertz CT molecular complexity index is 463. The molecule has 0 saturated heterocycles. The molecule has 8 atom stereocenters. The van der Waals surface area contributed by atoms with E-state index < -0.39 is 5.60 Å². The zero-order chi connectivity index (χ0) is 17.2. The molecule has 0 heterocycles. The second kappa shape index (κ2) is 5.71. The van der Waals surface area contributed by atoms with Gasteiger partial charge >= 0.3 is 0 Å². The summed E-state index contributed by atoms with van der Waals surface area (Å²) in [4.78, 5) is 0.398. The fraction of sp³-hybridized carbons (Fsp3) is 1.00. The van der Waals surface area contributed by atoms with Crippen LogP contribution in [0, 0.1) is 34.5 Å². The predicted molar refractivity (Wildman–Crippen MR) is 98.6 cm³/mol. The summed E-state index contributed by atoms with van der Waals surface area (Å²) >= 11 is 3.92. The van der Waals surface area contributed by atoms with Gasteiger partial charge in [-0.25, -0.2) is 0 Å². The maximum atomic E-state index is 11.5. The van der Waals surface area contributed by atoms with E-state index in [1.54, 1.807) is 0 Å². The van der Waals surface area contributed by atoms with Crippen molar-refractivity contribution in [2.75, 3.05) is 0 Å². The van der Waals surface area contributed by atoms with Gasteiger partial charge in [-0.3, -0.25) is 0 Å². The number of fused-ring (bicyclic) bond motifs is 2. The number of aliphatic hydroxyl groups is 2. The highest BCUT2D eigenvalue weighted by atomic mass is 79.9. The van der Waals surface area contributed by atoms with Crippen molar-refractivity contribution in [3.05, 3.63) is 0 Å². The summed E-state index contributed by atoms with van der Waals surface area (Å²) < 4.78 is 0. The van der Waals surface area contributed by atoms with Crippen LogP contribution < -0.4 is 0 Å².